The molecule has 9 nitrogen and oxygen atoms in total. The lowest BCUT2D eigenvalue weighted by atomic mass is 9.84. The standard InChI is InChI=1S/C16H21N5O2S.CH2O2/c1-20(9-13-17-11-4-7-24-14(11)15(22)19-13)16(23)18-12-8-21-5-2-10(12)3-6-21;2-1-3/h4,7,10,12H,2-3,5-6,8-9H2,1H3,(H,18,23)(H,17,19,22);1H,(H,2,3). The molecule has 3 aliphatic rings. The number of H-pyrrole nitrogens is 1. The molecule has 5 heterocycles. The molecule has 3 aliphatic heterocycles. The maximum absolute atomic E-state index is 12.5. The third-order valence-corrected chi connectivity index (χ3v) is 5.96. The van der Waals surface area contributed by atoms with Crippen molar-refractivity contribution >= 4 is 34.1 Å². The second kappa shape index (κ2) is 8.49. The molecule has 0 aliphatic carbocycles. The van der Waals surface area contributed by atoms with E-state index in [0.717, 1.165) is 19.6 Å². The Morgan fingerprint density at radius 3 is 2.85 bits per heavy atom. The van der Waals surface area contributed by atoms with Gasteiger partial charge < -0.3 is 25.2 Å². The van der Waals surface area contributed by atoms with Crippen LogP contribution in [-0.2, 0) is 11.3 Å². The van der Waals surface area contributed by atoms with Crippen molar-refractivity contribution in [3.8, 4) is 0 Å². The molecule has 0 radical (unpaired) electrons. The molecule has 1 atom stereocenters. The average molecular weight is 393 g/mol. The van der Waals surface area contributed by atoms with Crippen molar-refractivity contribution in [2.24, 2.45) is 5.92 Å². The fraction of sp³-hybridized carbons (Fsp3) is 0.529. The molecule has 2 aromatic heterocycles. The number of hydrogen-bond acceptors (Lipinski definition) is 6. The number of carboxylic acid groups (broad SMARTS) is 1. The predicted octanol–water partition coefficient (Wildman–Crippen LogP) is 0.921. The Balaban J connectivity index is 0.000000659. The number of amides is 2. The molecule has 0 saturated carbocycles. The summed E-state index contributed by atoms with van der Waals surface area (Å²) in [5.74, 6) is 1.10. The topological polar surface area (TPSA) is 119 Å². The van der Waals surface area contributed by atoms with Crippen molar-refractivity contribution in [3.63, 3.8) is 0 Å². The lowest BCUT2D eigenvalue weighted by molar-refractivity contribution is -0.122. The van der Waals surface area contributed by atoms with E-state index in [1.165, 1.54) is 24.2 Å². The van der Waals surface area contributed by atoms with Gasteiger partial charge in [-0.25, -0.2) is 9.78 Å². The van der Waals surface area contributed by atoms with Gasteiger partial charge in [0.05, 0.1) is 12.1 Å². The second-order valence-electron chi connectivity index (χ2n) is 6.80. The van der Waals surface area contributed by atoms with Crippen LogP contribution in [0.5, 0.6) is 0 Å². The van der Waals surface area contributed by atoms with E-state index in [1.807, 2.05) is 11.4 Å². The van der Waals surface area contributed by atoms with Gasteiger partial charge in [0.25, 0.3) is 12.0 Å². The van der Waals surface area contributed by atoms with Crippen molar-refractivity contribution in [3.05, 3.63) is 27.6 Å². The summed E-state index contributed by atoms with van der Waals surface area (Å²) in [6.07, 6.45) is 2.33. The van der Waals surface area contributed by atoms with Crippen molar-refractivity contribution < 1.29 is 14.7 Å². The number of nitrogens with one attached hydrogen (secondary N) is 2. The molecule has 2 bridgehead atoms. The molecule has 2 amide bonds. The number of hydrogen-bond donors (Lipinski definition) is 3. The first kappa shape index (κ1) is 19.3. The van der Waals surface area contributed by atoms with Crippen LogP contribution in [0, 0.1) is 5.92 Å². The first-order valence-corrected chi connectivity index (χ1v) is 9.68. The molecule has 0 aromatic carbocycles. The Bertz CT molecular complexity index is 858. The zero-order valence-electron chi connectivity index (χ0n) is 15.1. The third kappa shape index (κ3) is 4.45. The lowest BCUT2D eigenvalue weighted by Crippen LogP contribution is -2.58. The number of nitrogens with zero attached hydrogens (tertiary/aromatic N) is 3. The summed E-state index contributed by atoms with van der Waals surface area (Å²) in [7, 11) is 1.73. The van der Waals surface area contributed by atoms with Gasteiger partial charge in [0.1, 0.15) is 10.5 Å². The van der Waals surface area contributed by atoms with Gasteiger partial charge in [-0.2, -0.15) is 0 Å². The normalized spacial score (nSPS) is 23.4. The summed E-state index contributed by atoms with van der Waals surface area (Å²) in [6, 6.07) is 1.95. The molecule has 3 N–H and O–H groups in total. The molecule has 0 spiro atoms. The number of thiophene rings is 1. The Morgan fingerprint density at radius 2 is 2.22 bits per heavy atom. The Labute approximate surface area is 160 Å². The minimum atomic E-state index is -0.250. The van der Waals surface area contributed by atoms with Gasteiger partial charge in [0.15, 0.2) is 0 Å². The molecular weight excluding hydrogens is 370 g/mol. The summed E-state index contributed by atoms with van der Waals surface area (Å²) in [6.45, 7) is 3.28. The summed E-state index contributed by atoms with van der Waals surface area (Å²) in [5.41, 5.74) is 0.543. The van der Waals surface area contributed by atoms with Crippen LogP contribution in [0.1, 0.15) is 18.7 Å². The van der Waals surface area contributed by atoms with Gasteiger partial charge in [0.2, 0.25) is 0 Å². The summed E-state index contributed by atoms with van der Waals surface area (Å²) >= 11 is 1.37. The van der Waals surface area contributed by atoms with E-state index in [1.54, 1.807) is 11.9 Å². The highest BCUT2D eigenvalue weighted by Gasteiger charge is 2.35. The van der Waals surface area contributed by atoms with Crippen LogP contribution < -0.4 is 10.9 Å². The summed E-state index contributed by atoms with van der Waals surface area (Å²) in [4.78, 5) is 44.0. The Kier molecular flexibility index (Phi) is 6.07. The first-order valence-electron chi connectivity index (χ1n) is 8.80. The maximum atomic E-state index is 12.5. The van der Waals surface area contributed by atoms with Crippen LogP contribution >= 0.6 is 11.3 Å². The van der Waals surface area contributed by atoms with Crippen molar-refractivity contribution in [2.45, 2.75) is 25.4 Å². The van der Waals surface area contributed by atoms with E-state index in [0.29, 0.717) is 22.0 Å². The number of urea groups is 1. The van der Waals surface area contributed by atoms with Crippen LogP contribution in [0.25, 0.3) is 10.2 Å². The number of fused-ring (bicyclic) bond motifs is 4. The van der Waals surface area contributed by atoms with Gasteiger partial charge >= 0.3 is 6.03 Å². The largest absolute Gasteiger partial charge is 0.483 e. The van der Waals surface area contributed by atoms with E-state index < -0.39 is 0 Å². The smallest absolute Gasteiger partial charge is 0.317 e. The fourth-order valence-corrected chi connectivity index (χ4v) is 4.42. The highest BCUT2D eigenvalue weighted by molar-refractivity contribution is 7.17. The number of carbonyl (C=O) groups excluding carboxylic acids is 1. The summed E-state index contributed by atoms with van der Waals surface area (Å²) < 4.78 is 0.623. The molecule has 3 saturated heterocycles. The molecule has 146 valence electrons. The first-order chi connectivity index (χ1) is 13.0. The second-order valence-corrected chi connectivity index (χ2v) is 7.72. The van der Waals surface area contributed by atoms with E-state index >= 15 is 0 Å². The zero-order valence-corrected chi connectivity index (χ0v) is 15.9. The Hall–Kier alpha value is -2.46. The van der Waals surface area contributed by atoms with E-state index in [2.05, 4.69) is 20.2 Å². The minimum absolute atomic E-state index is 0.109. The maximum Gasteiger partial charge on any atom is 0.317 e. The third-order valence-electron chi connectivity index (χ3n) is 5.06. The molecule has 3 fully saturated rings. The van der Waals surface area contributed by atoms with Crippen LogP contribution in [0.2, 0.25) is 0 Å². The Morgan fingerprint density at radius 1 is 1.52 bits per heavy atom. The molecule has 10 heteroatoms. The van der Waals surface area contributed by atoms with Crippen LogP contribution in [-0.4, -0.2) is 70.1 Å². The van der Waals surface area contributed by atoms with Crippen molar-refractivity contribution in [1.29, 1.82) is 0 Å². The van der Waals surface area contributed by atoms with Gasteiger partial charge in [-0.15, -0.1) is 11.3 Å². The molecule has 1 unspecified atom stereocenters. The lowest BCUT2D eigenvalue weighted by Gasteiger charge is -2.45. The van der Waals surface area contributed by atoms with Gasteiger partial charge in [-0.1, -0.05) is 0 Å². The van der Waals surface area contributed by atoms with E-state index in [-0.39, 0.29) is 30.6 Å². The van der Waals surface area contributed by atoms with Crippen molar-refractivity contribution in [2.75, 3.05) is 26.7 Å². The minimum Gasteiger partial charge on any atom is -0.483 e. The number of aromatic amines is 1. The quantitative estimate of drug-likeness (QED) is 0.668. The highest BCUT2D eigenvalue weighted by atomic mass is 32.1. The number of piperidine rings is 3. The van der Waals surface area contributed by atoms with Crippen LogP contribution in [0.4, 0.5) is 4.79 Å². The van der Waals surface area contributed by atoms with E-state index in [9.17, 15) is 9.59 Å². The average Bonchev–Trinajstić information content (AvgIpc) is 3.12. The highest BCUT2D eigenvalue weighted by Crippen LogP contribution is 2.27. The SMILES string of the molecule is CN(Cc1nc2ccsc2c(=O)[nH]1)C(=O)NC1CN2CCC1CC2.O=CO. The van der Waals surface area contributed by atoms with Gasteiger partial charge in [0, 0.05) is 19.6 Å². The zero-order chi connectivity index (χ0) is 19.4. The van der Waals surface area contributed by atoms with Crippen molar-refractivity contribution in [1.82, 2.24) is 25.1 Å². The number of carbonyl (C=O) groups is 2. The number of rotatable bonds is 3. The predicted molar refractivity (Wildman–Crippen MR) is 102 cm³/mol. The molecule has 5 rings (SSSR count). The fourth-order valence-electron chi connectivity index (χ4n) is 3.69. The molecular formula is C17H23N5O4S. The van der Waals surface area contributed by atoms with Gasteiger partial charge in [-0.05, 0) is 43.3 Å². The van der Waals surface area contributed by atoms with E-state index in [4.69, 9.17) is 9.90 Å². The summed E-state index contributed by atoms with van der Waals surface area (Å²) in [5, 5.41) is 11.9. The monoisotopic (exact) mass is 393 g/mol. The van der Waals surface area contributed by atoms with Crippen LogP contribution in [0.15, 0.2) is 16.2 Å². The van der Waals surface area contributed by atoms with Gasteiger partial charge in [-0.3, -0.25) is 9.59 Å². The molecule has 27 heavy (non-hydrogen) atoms. The van der Waals surface area contributed by atoms with Crippen LogP contribution in [0.3, 0.4) is 0 Å². The molecule has 2 aromatic rings. The number of aromatic nitrogens is 2.